The van der Waals surface area contributed by atoms with Crippen LogP contribution >= 0.6 is 11.3 Å². The van der Waals surface area contributed by atoms with Crippen molar-refractivity contribution in [3.05, 3.63) is 45.9 Å². The first-order chi connectivity index (χ1) is 6.86. The van der Waals surface area contributed by atoms with Crippen LogP contribution in [0.3, 0.4) is 0 Å². The van der Waals surface area contributed by atoms with Gasteiger partial charge in [0, 0.05) is 11.4 Å². The fourth-order valence-corrected chi connectivity index (χ4v) is 2.09. The van der Waals surface area contributed by atoms with E-state index in [4.69, 9.17) is 0 Å². The minimum Gasteiger partial charge on any atom is -0.320 e. The van der Waals surface area contributed by atoms with Crippen LogP contribution < -0.4 is 5.32 Å². The molecular formula is C11H13N2S-. The largest absolute Gasteiger partial charge is 0.320 e. The van der Waals surface area contributed by atoms with E-state index >= 15 is 0 Å². The second kappa shape index (κ2) is 4.44. The highest BCUT2D eigenvalue weighted by molar-refractivity contribution is 7.09. The summed E-state index contributed by atoms with van der Waals surface area (Å²) in [7, 11) is 0. The van der Waals surface area contributed by atoms with Gasteiger partial charge in [-0.3, -0.25) is 0 Å². The Morgan fingerprint density at radius 1 is 1.50 bits per heavy atom. The van der Waals surface area contributed by atoms with Crippen LogP contribution in [0.2, 0.25) is 0 Å². The maximum absolute atomic E-state index is 4.21. The molecule has 0 aliphatic rings. The summed E-state index contributed by atoms with van der Waals surface area (Å²) in [5.41, 5.74) is 4.38. The first-order valence-electron chi connectivity index (χ1n) is 4.66. The van der Waals surface area contributed by atoms with E-state index in [9.17, 15) is 0 Å². The molecule has 2 rings (SSSR count). The molecule has 0 aliphatic carbocycles. The van der Waals surface area contributed by atoms with Crippen molar-refractivity contribution >= 4 is 11.3 Å². The number of thiazole rings is 1. The van der Waals surface area contributed by atoms with Crippen LogP contribution in [0.5, 0.6) is 0 Å². The van der Waals surface area contributed by atoms with Crippen LogP contribution in [0.1, 0.15) is 16.1 Å². The zero-order chi connectivity index (χ0) is 9.80. The number of nitrogens with one attached hydrogen (secondary N) is 1. The maximum atomic E-state index is 4.21. The van der Waals surface area contributed by atoms with E-state index in [-0.39, 0.29) is 0 Å². The van der Waals surface area contributed by atoms with Crippen molar-refractivity contribution in [3.63, 3.8) is 0 Å². The summed E-state index contributed by atoms with van der Waals surface area (Å²) in [5.74, 6) is 0. The van der Waals surface area contributed by atoms with Gasteiger partial charge >= 0.3 is 0 Å². The van der Waals surface area contributed by atoms with Gasteiger partial charge in [-0.15, -0.1) is 11.3 Å². The number of aromatic nitrogens is 1. The molecule has 1 N–H and O–H groups in total. The molecule has 1 aromatic heterocycles. The standard InChI is InChI=1S/C11H13N2S/c1-9-11(14-8-13-9)7-12-6-10-4-2-3-5-10/h2-5,8,12H,6-7H2,1H3/q-1. The molecule has 0 fully saturated rings. The third kappa shape index (κ3) is 2.25. The van der Waals surface area contributed by atoms with Crippen molar-refractivity contribution in [3.8, 4) is 0 Å². The Labute approximate surface area is 88.0 Å². The van der Waals surface area contributed by atoms with E-state index < -0.39 is 0 Å². The van der Waals surface area contributed by atoms with E-state index in [1.165, 1.54) is 10.4 Å². The topological polar surface area (TPSA) is 24.9 Å². The lowest BCUT2D eigenvalue weighted by molar-refractivity contribution is 0.698. The smallest absolute Gasteiger partial charge is 0.0798 e. The molecule has 0 bridgehead atoms. The molecule has 0 aliphatic heterocycles. The quantitative estimate of drug-likeness (QED) is 0.776. The Balaban J connectivity index is 1.81. The summed E-state index contributed by atoms with van der Waals surface area (Å²) >= 11 is 1.71. The van der Waals surface area contributed by atoms with Crippen LogP contribution in [0.15, 0.2) is 29.8 Å². The monoisotopic (exact) mass is 205 g/mol. The summed E-state index contributed by atoms with van der Waals surface area (Å²) < 4.78 is 0. The molecule has 1 aromatic carbocycles. The molecule has 0 saturated carbocycles. The van der Waals surface area contributed by atoms with E-state index in [1.807, 2.05) is 5.51 Å². The second-order valence-electron chi connectivity index (χ2n) is 3.26. The molecule has 0 saturated heterocycles. The van der Waals surface area contributed by atoms with Crippen LogP contribution in [-0.2, 0) is 13.1 Å². The van der Waals surface area contributed by atoms with Gasteiger partial charge < -0.3 is 5.32 Å². The van der Waals surface area contributed by atoms with Gasteiger partial charge in [-0.1, -0.05) is 0 Å². The minimum atomic E-state index is 0.918. The van der Waals surface area contributed by atoms with Gasteiger partial charge in [0.1, 0.15) is 0 Å². The molecule has 0 spiro atoms. The number of hydrogen-bond donors (Lipinski definition) is 1. The molecule has 0 unspecified atom stereocenters. The zero-order valence-corrected chi connectivity index (χ0v) is 8.97. The van der Waals surface area contributed by atoms with Crippen LogP contribution in [0.4, 0.5) is 0 Å². The van der Waals surface area contributed by atoms with Gasteiger partial charge in [-0.2, -0.15) is 23.8 Å². The molecule has 2 aromatic rings. The number of aryl methyl sites for hydroxylation is 1. The Hall–Kier alpha value is -1.06. The third-order valence-corrected chi connectivity index (χ3v) is 3.13. The van der Waals surface area contributed by atoms with Crippen molar-refractivity contribution in [1.82, 2.24) is 10.3 Å². The summed E-state index contributed by atoms with van der Waals surface area (Å²) in [4.78, 5) is 5.54. The fraction of sp³-hybridized carbons (Fsp3) is 0.273. The van der Waals surface area contributed by atoms with Crippen LogP contribution in [-0.4, -0.2) is 4.98 Å². The van der Waals surface area contributed by atoms with Crippen molar-refractivity contribution in [2.45, 2.75) is 20.0 Å². The van der Waals surface area contributed by atoms with Crippen LogP contribution in [0, 0.1) is 6.92 Å². The highest BCUT2D eigenvalue weighted by Gasteiger charge is 1.98. The summed E-state index contributed by atoms with van der Waals surface area (Å²) in [6.07, 6.45) is 0. The normalized spacial score (nSPS) is 10.6. The summed E-state index contributed by atoms with van der Waals surface area (Å²) in [6, 6.07) is 8.39. The van der Waals surface area contributed by atoms with Crippen molar-refractivity contribution in [2.75, 3.05) is 0 Å². The minimum absolute atomic E-state index is 0.918. The predicted octanol–water partition coefficient (Wildman–Crippen LogP) is 2.46. The lowest BCUT2D eigenvalue weighted by Gasteiger charge is -2.05. The fourth-order valence-electron chi connectivity index (χ4n) is 1.35. The molecule has 74 valence electrons. The molecule has 0 radical (unpaired) electrons. The summed E-state index contributed by atoms with van der Waals surface area (Å²) in [5, 5.41) is 3.40. The van der Waals surface area contributed by atoms with E-state index in [0.29, 0.717) is 0 Å². The first-order valence-corrected chi connectivity index (χ1v) is 5.54. The van der Waals surface area contributed by atoms with Crippen molar-refractivity contribution in [1.29, 1.82) is 0 Å². The Morgan fingerprint density at radius 2 is 2.43 bits per heavy atom. The van der Waals surface area contributed by atoms with Gasteiger partial charge in [0.25, 0.3) is 0 Å². The lowest BCUT2D eigenvalue weighted by atomic mass is 10.3. The highest BCUT2D eigenvalue weighted by atomic mass is 32.1. The van der Waals surface area contributed by atoms with Crippen LogP contribution in [0.25, 0.3) is 0 Å². The molecule has 2 nitrogen and oxygen atoms in total. The number of rotatable bonds is 4. The molecular weight excluding hydrogens is 192 g/mol. The SMILES string of the molecule is Cc1ncsc1CNCc1cc[cH-]c1. The molecule has 1 heterocycles. The Morgan fingerprint density at radius 3 is 3.07 bits per heavy atom. The molecule has 0 atom stereocenters. The average Bonchev–Trinajstić information content (AvgIpc) is 2.78. The number of nitrogens with zero attached hydrogens (tertiary/aromatic N) is 1. The molecule has 14 heavy (non-hydrogen) atoms. The lowest BCUT2D eigenvalue weighted by Crippen LogP contribution is -2.11. The third-order valence-electron chi connectivity index (χ3n) is 2.19. The van der Waals surface area contributed by atoms with Gasteiger partial charge in [0.05, 0.1) is 11.2 Å². The zero-order valence-electron chi connectivity index (χ0n) is 8.16. The summed E-state index contributed by atoms with van der Waals surface area (Å²) in [6.45, 7) is 3.90. The maximum Gasteiger partial charge on any atom is 0.0798 e. The van der Waals surface area contributed by atoms with Gasteiger partial charge in [-0.05, 0) is 13.5 Å². The van der Waals surface area contributed by atoms with Crippen molar-refractivity contribution in [2.24, 2.45) is 0 Å². The van der Waals surface area contributed by atoms with Gasteiger partial charge in [0.2, 0.25) is 0 Å². The Bertz CT molecular complexity index is 376. The molecule has 0 amide bonds. The predicted molar refractivity (Wildman–Crippen MR) is 59.4 cm³/mol. The average molecular weight is 205 g/mol. The van der Waals surface area contributed by atoms with Gasteiger partial charge in [-0.25, -0.2) is 11.1 Å². The molecule has 3 heteroatoms. The van der Waals surface area contributed by atoms with E-state index in [1.54, 1.807) is 11.3 Å². The highest BCUT2D eigenvalue weighted by Crippen LogP contribution is 2.11. The van der Waals surface area contributed by atoms with Gasteiger partial charge in [0.15, 0.2) is 0 Å². The van der Waals surface area contributed by atoms with Crippen molar-refractivity contribution < 1.29 is 0 Å². The first kappa shape index (κ1) is 9.49. The van der Waals surface area contributed by atoms with E-state index in [0.717, 1.165) is 18.8 Å². The second-order valence-corrected chi connectivity index (χ2v) is 4.20. The van der Waals surface area contributed by atoms with E-state index in [2.05, 4.69) is 41.5 Å². The number of hydrogen-bond acceptors (Lipinski definition) is 3. The Kier molecular flexibility index (Phi) is 3.01.